The van der Waals surface area contributed by atoms with Gasteiger partial charge in [0.25, 0.3) is 5.91 Å². The Hall–Kier alpha value is -4.21. The number of rotatable bonds is 7. The van der Waals surface area contributed by atoms with Crippen LogP contribution in [0.3, 0.4) is 0 Å². The molecule has 10 heteroatoms. The summed E-state index contributed by atoms with van der Waals surface area (Å²) in [7, 11) is 1.78. The first-order chi connectivity index (χ1) is 17.2. The Kier molecular flexibility index (Phi) is 5.95. The van der Waals surface area contributed by atoms with E-state index in [1.54, 1.807) is 24.3 Å². The van der Waals surface area contributed by atoms with Crippen LogP contribution in [0.2, 0.25) is 0 Å². The number of carbonyl (C=O) groups is 1. The minimum absolute atomic E-state index is 0.141. The fraction of sp³-hybridized carbons (Fsp3) is 0.346. The highest BCUT2D eigenvalue weighted by atomic mass is 16.2. The Bertz CT molecular complexity index is 1410. The number of aromatic nitrogens is 6. The molecule has 186 valence electrons. The molecule has 1 amide bonds. The zero-order chi connectivity index (χ0) is 25.4. The summed E-state index contributed by atoms with van der Waals surface area (Å²) in [6.07, 6.45) is 7.45. The van der Waals surface area contributed by atoms with Crippen LogP contribution in [0, 0.1) is 6.92 Å². The predicted molar refractivity (Wildman–Crippen MR) is 140 cm³/mol. The van der Waals surface area contributed by atoms with Crippen molar-refractivity contribution in [2.24, 2.45) is 7.05 Å². The van der Waals surface area contributed by atoms with Gasteiger partial charge in [0.1, 0.15) is 23.7 Å². The van der Waals surface area contributed by atoms with Crippen LogP contribution in [0.15, 0.2) is 49.1 Å². The molecule has 0 saturated heterocycles. The van der Waals surface area contributed by atoms with E-state index in [0.717, 1.165) is 22.8 Å². The quantitative estimate of drug-likeness (QED) is 0.351. The Labute approximate surface area is 210 Å². The Morgan fingerprint density at radius 2 is 1.89 bits per heavy atom. The van der Waals surface area contributed by atoms with E-state index in [4.69, 9.17) is 0 Å². The van der Waals surface area contributed by atoms with Crippen LogP contribution in [0.1, 0.15) is 55.4 Å². The summed E-state index contributed by atoms with van der Waals surface area (Å²) in [6, 6.07) is 9.99. The van der Waals surface area contributed by atoms with Gasteiger partial charge >= 0.3 is 0 Å². The molecule has 1 fully saturated rings. The summed E-state index contributed by atoms with van der Waals surface area (Å²) in [5.41, 5.74) is 3.74. The lowest BCUT2D eigenvalue weighted by atomic mass is 9.92. The van der Waals surface area contributed by atoms with Gasteiger partial charge in [0.2, 0.25) is 5.95 Å². The molecule has 1 saturated carbocycles. The molecule has 0 bridgehead atoms. The molecule has 4 aromatic rings. The van der Waals surface area contributed by atoms with E-state index in [0.29, 0.717) is 29.2 Å². The first-order valence-electron chi connectivity index (χ1n) is 12.0. The van der Waals surface area contributed by atoms with Gasteiger partial charge in [-0.25, -0.2) is 15.0 Å². The summed E-state index contributed by atoms with van der Waals surface area (Å²) < 4.78 is 3.49. The number of aryl methyl sites for hydroxylation is 2. The zero-order valence-corrected chi connectivity index (χ0v) is 21.2. The van der Waals surface area contributed by atoms with Gasteiger partial charge in [0, 0.05) is 48.3 Å². The molecule has 36 heavy (non-hydrogen) atoms. The van der Waals surface area contributed by atoms with Gasteiger partial charge in [-0.05, 0) is 43.5 Å². The van der Waals surface area contributed by atoms with E-state index in [1.807, 2.05) is 48.0 Å². The molecule has 0 radical (unpaired) electrons. The van der Waals surface area contributed by atoms with Crippen molar-refractivity contribution in [2.75, 3.05) is 16.0 Å². The first kappa shape index (κ1) is 23.5. The van der Waals surface area contributed by atoms with Crippen molar-refractivity contribution < 1.29 is 4.79 Å². The molecule has 3 heterocycles. The molecule has 0 atom stereocenters. The SMILES string of the molecule is Cc1ccc(NC(=O)c2cc(C(C)(C)C)nn2C)cc1Nc1nccn1-c1cc(NC2CC2)ncn1. The summed E-state index contributed by atoms with van der Waals surface area (Å²) in [4.78, 5) is 26.2. The second-order valence-electron chi connectivity index (χ2n) is 10.2. The van der Waals surface area contributed by atoms with Crippen LogP contribution in [0.25, 0.3) is 5.82 Å². The molecule has 0 unspecified atom stereocenters. The molecule has 10 nitrogen and oxygen atoms in total. The number of carbonyl (C=O) groups excluding carboxylic acids is 1. The third-order valence-electron chi connectivity index (χ3n) is 6.09. The lowest BCUT2D eigenvalue weighted by molar-refractivity contribution is 0.101. The minimum atomic E-state index is -0.214. The van der Waals surface area contributed by atoms with Crippen molar-refractivity contribution in [3.8, 4) is 5.82 Å². The van der Waals surface area contributed by atoms with Crippen LogP contribution in [-0.4, -0.2) is 41.2 Å². The maximum absolute atomic E-state index is 13.0. The van der Waals surface area contributed by atoms with E-state index in [1.165, 1.54) is 12.8 Å². The van der Waals surface area contributed by atoms with Crippen molar-refractivity contribution in [3.05, 3.63) is 66.0 Å². The molecule has 1 aromatic carbocycles. The lowest BCUT2D eigenvalue weighted by Gasteiger charge is -2.14. The zero-order valence-electron chi connectivity index (χ0n) is 21.2. The van der Waals surface area contributed by atoms with Gasteiger partial charge in [-0.2, -0.15) is 5.10 Å². The van der Waals surface area contributed by atoms with E-state index in [-0.39, 0.29) is 11.3 Å². The van der Waals surface area contributed by atoms with Gasteiger partial charge in [0.15, 0.2) is 0 Å². The predicted octanol–water partition coefficient (Wildman–Crippen LogP) is 4.57. The highest BCUT2D eigenvalue weighted by molar-refractivity contribution is 6.03. The molecular formula is C26H31N9O. The smallest absolute Gasteiger partial charge is 0.273 e. The largest absolute Gasteiger partial charge is 0.367 e. The van der Waals surface area contributed by atoms with Crippen molar-refractivity contribution in [1.29, 1.82) is 0 Å². The van der Waals surface area contributed by atoms with Crippen LogP contribution < -0.4 is 16.0 Å². The number of benzene rings is 1. The topological polar surface area (TPSA) is 115 Å². The van der Waals surface area contributed by atoms with Gasteiger partial charge in [-0.1, -0.05) is 26.8 Å². The van der Waals surface area contributed by atoms with Gasteiger partial charge in [-0.3, -0.25) is 14.0 Å². The van der Waals surface area contributed by atoms with E-state index in [9.17, 15) is 4.79 Å². The molecular weight excluding hydrogens is 454 g/mol. The number of hydrogen-bond acceptors (Lipinski definition) is 7. The summed E-state index contributed by atoms with van der Waals surface area (Å²) in [6.45, 7) is 8.22. The normalized spacial score (nSPS) is 13.5. The fourth-order valence-electron chi connectivity index (χ4n) is 3.77. The van der Waals surface area contributed by atoms with Crippen LogP contribution in [0.4, 0.5) is 23.1 Å². The van der Waals surface area contributed by atoms with Gasteiger partial charge in [0.05, 0.1) is 5.69 Å². The van der Waals surface area contributed by atoms with Crippen molar-refractivity contribution in [1.82, 2.24) is 29.3 Å². The summed E-state index contributed by atoms with van der Waals surface area (Å²) in [5.74, 6) is 1.90. The monoisotopic (exact) mass is 485 g/mol. The van der Waals surface area contributed by atoms with Crippen LogP contribution in [0.5, 0.6) is 0 Å². The average Bonchev–Trinajstić information content (AvgIpc) is 3.35. The average molecular weight is 486 g/mol. The maximum Gasteiger partial charge on any atom is 0.273 e. The number of nitrogens with one attached hydrogen (secondary N) is 3. The fourth-order valence-corrected chi connectivity index (χ4v) is 3.77. The van der Waals surface area contributed by atoms with Crippen LogP contribution in [-0.2, 0) is 12.5 Å². The molecule has 1 aliphatic carbocycles. The maximum atomic E-state index is 13.0. The molecule has 3 N–H and O–H groups in total. The van der Waals surface area contributed by atoms with E-state index < -0.39 is 0 Å². The van der Waals surface area contributed by atoms with Crippen molar-refractivity contribution in [2.45, 2.75) is 52.0 Å². The van der Waals surface area contributed by atoms with E-state index in [2.05, 4.69) is 56.8 Å². The Balaban J connectivity index is 1.35. The molecule has 5 rings (SSSR count). The highest BCUT2D eigenvalue weighted by Gasteiger charge is 2.23. The van der Waals surface area contributed by atoms with Crippen molar-refractivity contribution in [3.63, 3.8) is 0 Å². The standard InChI is InChI=1S/C26H31N9O/c1-16-6-7-18(31-24(36)20-13-21(26(2,3)4)33-34(20)5)12-19(16)32-25-27-10-11-35(25)23-14-22(28-15-29-23)30-17-8-9-17/h6-7,10-15,17H,8-9H2,1-5H3,(H,27,32)(H,31,36)(H,28,29,30). The Morgan fingerprint density at radius 1 is 1.08 bits per heavy atom. The highest BCUT2D eigenvalue weighted by Crippen LogP contribution is 2.27. The van der Waals surface area contributed by atoms with Crippen LogP contribution >= 0.6 is 0 Å². The third kappa shape index (κ3) is 5.07. The minimum Gasteiger partial charge on any atom is -0.367 e. The summed E-state index contributed by atoms with van der Waals surface area (Å²) in [5, 5.41) is 14.3. The number of nitrogens with zero attached hydrogens (tertiary/aromatic N) is 6. The first-order valence-corrected chi connectivity index (χ1v) is 12.0. The van der Waals surface area contributed by atoms with E-state index >= 15 is 0 Å². The van der Waals surface area contributed by atoms with Gasteiger partial charge < -0.3 is 16.0 Å². The second-order valence-corrected chi connectivity index (χ2v) is 10.2. The number of imidazole rings is 1. The van der Waals surface area contributed by atoms with Crippen molar-refractivity contribution >= 4 is 29.0 Å². The molecule has 0 spiro atoms. The molecule has 0 aliphatic heterocycles. The Morgan fingerprint density at radius 3 is 2.61 bits per heavy atom. The second kappa shape index (κ2) is 9.10. The molecule has 1 aliphatic rings. The number of anilines is 4. The lowest BCUT2D eigenvalue weighted by Crippen LogP contribution is -2.16. The van der Waals surface area contributed by atoms with Gasteiger partial charge in [-0.15, -0.1) is 0 Å². The third-order valence-corrected chi connectivity index (χ3v) is 6.09. The number of hydrogen-bond donors (Lipinski definition) is 3. The number of amides is 1. The summed E-state index contributed by atoms with van der Waals surface area (Å²) >= 11 is 0. The molecule has 3 aromatic heterocycles.